The van der Waals surface area contributed by atoms with Gasteiger partial charge in [-0.25, -0.2) is 4.98 Å². The van der Waals surface area contributed by atoms with Crippen molar-refractivity contribution in [3.8, 4) is 6.07 Å². The minimum atomic E-state index is -0.833. The Balaban J connectivity index is 1.45. The van der Waals surface area contributed by atoms with Crippen LogP contribution in [0, 0.1) is 23.2 Å². The van der Waals surface area contributed by atoms with Crippen LogP contribution in [0.3, 0.4) is 0 Å². The van der Waals surface area contributed by atoms with E-state index in [4.69, 9.17) is 23.2 Å². The normalized spacial score (nSPS) is 19.9. The molecule has 0 radical (unpaired) electrons. The number of amides is 3. The molecule has 2 aromatic rings. The van der Waals surface area contributed by atoms with Gasteiger partial charge in [-0.2, -0.15) is 5.26 Å². The zero-order valence-corrected chi connectivity index (χ0v) is 19.3. The molecule has 4 rings (SSSR count). The zero-order chi connectivity index (χ0) is 23.5. The predicted molar refractivity (Wildman–Crippen MR) is 123 cm³/mol. The van der Waals surface area contributed by atoms with Crippen LogP contribution in [0.15, 0.2) is 12.1 Å². The fraction of sp³-hybridized carbons (Fsp3) is 0.500. The number of imidazole rings is 1. The number of rotatable bonds is 8. The number of carbonyl (C=O) groups is 3. The molecule has 0 bridgehead atoms. The highest BCUT2D eigenvalue weighted by atomic mass is 35.5. The van der Waals surface area contributed by atoms with Crippen molar-refractivity contribution < 1.29 is 14.4 Å². The molecule has 1 aliphatic heterocycles. The molecule has 3 amide bonds. The van der Waals surface area contributed by atoms with Crippen LogP contribution in [0.5, 0.6) is 0 Å². The fourth-order valence-corrected chi connectivity index (χ4v) is 4.44. The van der Waals surface area contributed by atoms with E-state index in [1.165, 1.54) is 0 Å². The topological polar surface area (TPSA) is 140 Å². The molecule has 1 aliphatic carbocycles. The molecule has 3 atom stereocenters. The second-order valence-electron chi connectivity index (χ2n) is 8.60. The van der Waals surface area contributed by atoms with E-state index in [9.17, 15) is 19.6 Å². The van der Waals surface area contributed by atoms with Crippen LogP contribution in [0.4, 0.5) is 0 Å². The number of aromatic nitrogens is 2. The Bertz CT molecular complexity index is 1080. The molecule has 1 saturated carbocycles. The summed E-state index contributed by atoms with van der Waals surface area (Å²) in [5.74, 6) is -1.11. The smallest absolute Gasteiger partial charge is 0.287 e. The average Bonchev–Trinajstić information content (AvgIpc) is 3.49. The molecule has 174 valence electrons. The average molecular weight is 491 g/mol. The van der Waals surface area contributed by atoms with Crippen molar-refractivity contribution in [1.82, 2.24) is 25.9 Å². The van der Waals surface area contributed by atoms with Crippen LogP contribution in [0.2, 0.25) is 10.0 Å². The lowest BCUT2D eigenvalue weighted by Gasteiger charge is -2.25. The third-order valence-electron chi connectivity index (χ3n) is 6.04. The highest BCUT2D eigenvalue weighted by Gasteiger charge is 2.33. The number of halogens is 2. The number of nitrogens with one attached hydrogen (secondary N) is 4. The van der Waals surface area contributed by atoms with Gasteiger partial charge >= 0.3 is 0 Å². The molecule has 11 heteroatoms. The summed E-state index contributed by atoms with van der Waals surface area (Å²) in [5.41, 5.74) is 0.806. The summed E-state index contributed by atoms with van der Waals surface area (Å²) >= 11 is 12.3. The van der Waals surface area contributed by atoms with Gasteiger partial charge in [-0.3, -0.25) is 14.4 Å². The molecule has 2 heterocycles. The number of carbonyl (C=O) groups excluding carboxylic acids is 3. The molecule has 0 unspecified atom stereocenters. The number of fused-ring (bicyclic) bond motifs is 1. The van der Waals surface area contributed by atoms with Gasteiger partial charge in [0, 0.05) is 12.5 Å². The van der Waals surface area contributed by atoms with Crippen LogP contribution in [0.1, 0.15) is 49.1 Å². The number of aromatic amines is 1. The number of piperidine rings is 1. The van der Waals surface area contributed by atoms with E-state index in [1.54, 1.807) is 12.1 Å². The molecule has 9 nitrogen and oxygen atoms in total. The molecular weight excluding hydrogens is 467 g/mol. The Morgan fingerprint density at radius 3 is 2.61 bits per heavy atom. The monoisotopic (exact) mass is 490 g/mol. The summed E-state index contributed by atoms with van der Waals surface area (Å²) in [5, 5.41) is 18.5. The van der Waals surface area contributed by atoms with Crippen LogP contribution in [-0.4, -0.2) is 46.3 Å². The summed E-state index contributed by atoms with van der Waals surface area (Å²) < 4.78 is 0. The Morgan fingerprint density at radius 1 is 1.18 bits per heavy atom. The maximum atomic E-state index is 13.0. The maximum absolute atomic E-state index is 13.0. The number of H-pyrrole nitrogens is 1. The van der Waals surface area contributed by atoms with Crippen molar-refractivity contribution in [3.63, 3.8) is 0 Å². The van der Waals surface area contributed by atoms with E-state index in [0.29, 0.717) is 46.4 Å². The second-order valence-corrected chi connectivity index (χ2v) is 9.41. The molecule has 0 spiro atoms. The van der Waals surface area contributed by atoms with Crippen molar-refractivity contribution in [2.45, 2.75) is 50.6 Å². The second kappa shape index (κ2) is 9.98. The van der Waals surface area contributed by atoms with E-state index < -0.39 is 23.9 Å². The van der Waals surface area contributed by atoms with Gasteiger partial charge in [-0.05, 0) is 43.7 Å². The molecule has 4 N–H and O–H groups in total. The summed E-state index contributed by atoms with van der Waals surface area (Å²) in [6.45, 7) is 0.632. The van der Waals surface area contributed by atoms with Gasteiger partial charge in [0.2, 0.25) is 11.8 Å². The van der Waals surface area contributed by atoms with Crippen molar-refractivity contribution in [1.29, 1.82) is 5.26 Å². The highest BCUT2D eigenvalue weighted by Crippen LogP contribution is 2.34. The standard InChI is InChI=1S/C22H24Cl2N6O3/c23-14-5-6-15(24)18-17(14)29-19(30-18)22(33)28-16(8-11-3-4-11)21(32)27-13(10-25)9-12-2-1-7-26-20(12)31/h5-6,11-13,16H,1-4,7-9H2,(H,26,31)(H,27,32)(H,28,33)(H,29,30)/t12-,13-,16-/m0/s1. The van der Waals surface area contributed by atoms with E-state index in [1.807, 2.05) is 0 Å². The number of nitriles is 1. The lowest BCUT2D eigenvalue weighted by atomic mass is 9.92. The van der Waals surface area contributed by atoms with Crippen molar-refractivity contribution >= 4 is 52.0 Å². The maximum Gasteiger partial charge on any atom is 0.287 e. The first-order valence-electron chi connectivity index (χ1n) is 11.0. The van der Waals surface area contributed by atoms with E-state index in [0.717, 1.165) is 19.3 Å². The lowest BCUT2D eigenvalue weighted by molar-refractivity contribution is -0.128. The number of nitrogens with zero attached hydrogens (tertiary/aromatic N) is 2. The minimum absolute atomic E-state index is 0.00990. The first kappa shape index (κ1) is 23.3. The summed E-state index contributed by atoms with van der Waals surface area (Å²) in [4.78, 5) is 45.0. The third kappa shape index (κ3) is 5.57. The molecule has 2 fully saturated rings. The third-order valence-corrected chi connectivity index (χ3v) is 6.66. The van der Waals surface area contributed by atoms with Crippen molar-refractivity contribution in [3.05, 3.63) is 28.0 Å². The largest absolute Gasteiger partial charge is 0.356 e. The summed E-state index contributed by atoms with van der Waals surface area (Å²) in [6, 6.07) is 3.60. The first-order valence-corrected chi connectivity index (χ1v) is 11.7. The minimum Gasteiger partial charge on any atom is -0.356 e. The molecule has 2 aliphatic rings. The Morgan fingerprint density at radius 2 is 1.94 bits per heavy atom. The first-order chi connectivity index (χ1) is 15.9. The van der Waals surface area contributed by atoms with E-state index in [2.05, 4.69) is 32.0 Å². The molecule has 1 aromatic heterocycles. The van der Waals surface area contributed by atoms with Crippen LogP contribution < -0.4 is 16.0 Å². The van der Waals surface area contributed by atoms with Gasteiger partial charge in [-0.15, -0.1) is 0 Å². The van der Waals surface area contributed by atoms with Gasteiger partial charge in [0.25, 0.3) is 5.91 Å². The lowest BCUT2D eigenvalue weighted by Crippen LogP contribution is -2.50. The van der Waals surface area contributed by atoms with Crippen LogP contribution in [-0.2, 0) is 9.59 Å². The van der Waals surface area contributed by atoms with Crippen molar-refractivity contribution in [2.24, 2.45) is 11.8 Å². The van der Waals surface area contributed by atoms with Crippen LogP contribution in [0.25, 0.3) is 11.0 Å². The van der Waals surface area contributed by atoms with Gasteiger partial charge in [0.1, 0.15) is 17.6 Å². The number of benzene rings is 1. The quantitative estimate of drug-likeness (QED) is 0.450. The zero-order valence-electron chi connectivity index (χ0n) is 17.8. The van der Waals surface area contributed by atoms with Gasteiger partial charge in [-0.1, -0.05) is 36.0 Å². The molecule has 1 saturated heterocycles. The van der Waals surface area contributed by atoms with Crippen LogP contribution >= 0.6 is 23.2 Å². The van der Waals surface area contributed by atoms with Crippen molar-refractivity contribution in [2.75, 3.05) is 6.54 Å². The molecule has 1 aromatic carbocycles. The van der Waals surface area contributed by atoms with E-state index >= 15 is 0 Å². The fourth-order valence-electron chi connectivity index (χ4n) is 4.04. The highest BCUT2D eigenvalue weighted by molar-refractivity contribution is 6.39. The SMILES string of the molecule is N#C[C@H](C[C@@H]1CCCNC1=O)NC(=O)[C@H](CC1CC1)NC(=O)c1nc2c(Cl)ccc(Cl)c2[nH]1. The Kier molecular flexibility index (Phi) is 7.05. The predicted octanol–water partition coefficient (Wildman–Crippen LogP) is 2.69. The molecule has 33 heavy (non-hydrogen) atoms. The van der Waals surface area contributed by atoms with Gasteiger partial charge < -0.3 is 20.9 Å². The summed E-state index contributed by atoms with van der Waals surface area (Å²) in [6.07, 6.45) is 4.19. The number of hydrogen-bond donors (Lipinski definition) is 4. The molecular formula is C22H24Cl2N6O3. The Labute approximate surface area is 200 Å². The van der Waals surface area contributed by atoms with Gasteiger partial charge in [0.15, 0.2) is 5.82 Å². The van der Waals surface area contributed by atoms with Gasteiger partial charge in [0.05, 0.1) is 21.6 Å². The Hall–Kier alpha value is -2.83. The van der Waals surface area contributed by atoms with E-state index in [-0.39, 0.29) is 24.1 Å². The summed E-state index contributed by atoms with van der Waals surface area (Å²) in [7, 11) is 0. The number of hydrogen-bond acceptors (Lipinski definition) is 5.